The average Bonchev–Trinajstić information content (AvgIpc) is 3.13. The lowest BCUT2D eigenvalue weighted by atomic mass is 9.91. The molecule has 0 saturated heterocycles. The topological polar surface area (TPSA) is 29.1 Å². The van der Waals surface area contributed by atoms with Gasteiger partial charge in [-0.05, 0) is 29.3 Å². The maximum Gasteiger partial charge on any atom is 0.252 e. The summed E-state index contributed by atoms with van der Waals surface area (Å²) in [6.07, 6.45) is 0. The molecule has 0 aliphatic rings. The lowest BCUT2D eigenvalue weighted by Gasteiger charge is -2.19. The van der Waals surface area contributed by atoms with Crippen LogP contribution < -0.4 is 5.32 Å². The van der Waals surface area contributed by atoms with Crippen molar-refractivity contribution in [2.24, 2.45) is 0 Å². The monoisotopic (exact) mass is 391 g/mol. The minimum atomic E-state index is -0.0691. The molecule has 4 rings (SSSR count). The van der Waals surface area contributed by atoms with Crippen LogP contribution in [0, 0.1) is 0 Å². The van der Waals surface area contributed by atoms with Crippen molar-refractivity contribution in [3.05, 3.63) is 106 Å². The van der Waals surface area contributed by atoms with Gasteiger partial charge in [0.15, 0.2) is 0 Å². The lowest BCUT2D eigenvalue weighted by molar-refractivity contribution is 0.0954. The first-order chi connectivity index (χ1) is 13.2. The average molecular weight is 392 g/mol. The van der Waals surface area contributed by atoms with Crippen LogP contribution in [0.15, 0.2) is 84.2 Å². The Kier molecular flexibility index (Phi) is 5.23. The lowest BCUT2D eigenvalue weighted by Crippen LogP contribution is -2.28. The van der Waals surface area contributed by atoms with Crippen molar-refractivity contribution in [2.75, 3.05) is 6.54 Å². The van der Waals surface area contributed by atoms with Gasteiger partial charge in [-0.1, -0.05) is 72.3 Å². The molecular weight excluding hydrogens is 374 g/mol. The van der Waals surface area contributed by atoms with Crippen LogP contribution in [0.1, 0.15) is 27.4 Å². The summed E-state index contributed by atoms with van der Waals surface area (Å²) in [6, 6.07) is 26.2. The number of hydrogen-bond acceptors (Lipinski definition) is 2. The van der Waals surface area contributed by atoms with Gasteiger partial charge in [0.05, 0.1) is 5.56 Å². The molecule has 1 aromatic heterocycles. The molecule has 0 bridgehead atoms. The van der Waals surface area contributed by atoms with Crippen LogP contribution in [-0.2, 0) is 0 Å². The number of hydrogen-bond donors (Lipinski definition) is 1. The predicted octanol–water partition coefficient (Wildman–Crippen LogP) is 6.12. The second-order valence-electron chi connectivity index (χ2n) is 6.37. The van der Waals surface area contributed by atoms with Crippen LogP contribution in [0.3, 0.4) is 0 Å². The molecule has 0 unspecified atom stereocenters. The molecular formula is C23H18ClNOS. The highest BCUT2D eigenvalue weighted by Gasteiger charge is 2.17. The summed E-state index contributed by atoms with van der Waals surface area (Å²) >= 11 is 7.67. The van der Waals surface area contributed by atoms with E-state index < -0.39 is 0 Å². The molecule has 0 fully saturated rings. The quantitative estimate of drug-likeness (QED) is 0.436. The third kappa shape index (κ3) is 3.90. The molecule has 1 heterocycles. The maximum atomic E-state index is 12.9. The standard InChI is InChI=1S/C23H18ClNOS/c24-18-11-12-22-19(13-18)21(15-27-22)23(26)25-14-20(16-7-3-1-4-8-16)17-9-5-2-6-10-17/h1-13,15,20H,14H2,(H,25,26). The van der Waals surface area contributed by atoms with Crippen molar-refractivity contribution in [1.29, 1.82) is 0 Å². The highest BCUT2D eigenvalue weighted by molar-refractivity contribution is 7.17. The first-order valence-electron chi connectivity index (χ1n) is 8.77. The molecule has 0 aliphatic heterocycles. The maximum absolute atomic E-state index is 12.9. The molecule has 1 amide bonds. The first kappa shape index (κ1) is 17.8. The fourth-order valence-electron chi connectivity index (χ4n) is 3.27. The van der Waals surface area contributed by atoms with Gasteiger partial charge in [-0.15, -0.1) is 11.3 Å². The first-order valence-corrected chi connectivity index (χ1v) is 10.0. The highest BCUT2D eigenvalue weighted by Crippen LogP contribution is 2.29. The van der Waals surface area contributed by atoms with Crippen molar-refractivity contribution in [3.63, 3.8) is 0 Å². The zero-order chi connectivity index (χ0) is 18.6. The van der Waals surface area contributed by atoms with E-state index in [1.807, 2.05) is 60.0 Å². The minimum absolute atomic E-state index is 0.0691. The summed E-state index contributed by atoms with van der Waals surface area (Å²) in [4.78, 5) is 12.9. The Balaban J connectivity index is 1.59. The Morgan fingerprint density at radius 2 is 1.56 bits per heavy atom. The molecule has 4 heteroatoms. The Morgan fingerprint density at radius 3 is 2.19 bits per heavy atom. The zero-order valence-electron chi connectivity index (χ0n) is 14.6. The SMILES string of the molecule is O=C(NCC(c1ccccc1)c1ccccc1)c1csc2ccc(Cl)cc12. The fourth-order valence-corrected chi connectivity index (χ4v) is 4.36. The third-order valence-electron chi connectivity index (χ3n) is 4.65. The fraction of sp³-hybridized carbons (Fsp3) is 0.0870. The summed E-state index contributed by atoms with van der Waals surface area (Å²) in [5.41, 5.74) is 3.04. The molecule has 0 atom stereocenters. The van der Waals surface area contributed by atoms with Crippen molar-refractivity contribution >= 4 is 38.9 Å². The van der Waals surface area contributed by atoms with Gasteiger partial charge in [0.2, 0.25) is 0 Å². The number of rotatable bonds is 5. The number of nitrogens with one attached hydrogen (secondary N) is 1. The van der Waals surface area contributed by atoms with E-state index in [1.165, 1.54) is 11.1 Å². The highest BCUT2D eigenvalue weighted by atomic mass is 35.5. The van der Waals surface area contributed by atoms with Gasteiger partial charge in [0.25, 0.3) is 5.91 Å². The molecule has 134 valence electrons. The van der Waals surface area contributed by atoms with Gasteiger partial charge in [0.1, 0.15) is 0 Å². The van der Waals surface area contributed by atoms with Crippen molar-refractivity contribution in [1.82, 2.24) is 5.32 Å². The van der Waals surface area contributed by atoms with Gasteiger partial charge in [-0.2, -0.15) is 0 Å². The number of fused-ring (bicyclic) bond motifs is 1. The van der Waals surface area contributed by atoms with E-state index in [-0.39, 0.29) is 11.8 Å². The molecule has 1 N–H and O–H groups in total. The number of benzene rings is 3. The van der Waals surface area contributed by atoms with Crippen LogP contribution in [0.4, 0.5) is 0 Å². The largest absolute Gasteiger partial charge is 0.351 e. The molecule has 0 radical (unpaired) electrons. The second kappa shape index (κ2) is 7.95. The van der Waals surface area contributed by atoms with E-state index in [2.05, 4.69) is 29.6 Å². The Hall–Kier alpha value is -2.62. The summed E-state index contributed by atoms with van der Waals surface area (Å²) in [5, 5.41) is 6.56. The van der Waals surface area contributed by atoms with Gasteiger partial charge in [-0.25, -0.2) is 0 Å². The van der Waals surface area contributed by atoms with E-state index in [0.717, 1.165) is 10.1 Å². The predicted molar refractivity (Wildman–Crippen MR) is 114 cm³/mol. The normalized spacial score (nSPS) is 11.0. The van der Waals surface area contributed by atoms with Crippen LogP contribution in [0.25, 0.3) is 10.1 Å². The van der Waals surface area contributed by atoms with Gasteiger partial charge < -0.3 is 5.32 Å². The smallest absolute Gasteiger partial charge is 0.252 e. The summed E-state index contributed by atoms with van der Waals surface area (Å²) < 4.78 is 1.06. The Labute approximate surface area is 167 Å². The Morgan fingerprint density at radius 1 is 0.926 bits per heavy atom. The molecule has 4 aromatic rings. The number of carbonyl (C=O) groups excluding carboxylic acids is 1. The molecule has 0 spiro atoms. The van der Waals surface area contributed by atoms with Gasteiger partial charge >= 0.3 is 0 Å². The van der Waals surface area contributed by atoms with Crippen LogP contribution in [0.5, 0.6) is 0 Å². The number of carbonyl (C=O) groups is 1. The number of halogens is 1. The zero-order valence-corrected chi connectivity index (χ0v) is 16.1. The Bertz CT molecular complexity index is 1020. The number of thiophene rings is 1. The van der Waals surface area contributed by atoms with Crippen molar-refractivity contribution in [3.8, 4) is 0 Å². The van der Waals surface area contributed by atoms with E-state index in [9.17, 15) is 4.79 Å². The van der Waals surface area contributed by atoms with Crippen LogP contribution >= 0.6 is 22.9 Å². The van der Waals surface area contributed by atoms with E-state index in [0.29, 0.717) is 17.1 Å². The van der Waals surface area contributed by atoms with Crippen molar-refractivity contribution in [2.45, 2.75) is 5.92 Å². The van der Waals surface area contributed by atoms with E-state index in [4.69, 9.17) is 11.6 Å². The third-order valence-corrected chi connectivity index (χ3v) is 5.85. The van der Waals surface area contributed by atoms with Crippen LogP contribution in [-0.4, -0.2) is 12.5 Å². The summed E-state index contributed by atoms with van der Waals surface area (Å²) in [5.74, 6) is 0.0326. The summed E-state index contributed by atoms with van der Waals surface area (Å²) in [6.45, 7) is 0.533. The molecule has 0 aliphatic carbocycles. The minimum Gasteiger partial charge on any atom is -0.351 e. The molecule has 27 heavy (non-hydrogen) atoms. The van der Waals surface area contributed by atoms with E-state index in [1.54, 1.807) is 11.3 Å². The second-order valence-corrected chi connectivity index (χ2v) is 7.72. The molecule has 0 saturated carbocycles. The van der Waals surface area contributed by atoms with Gasteiger partial charge in [0, 0.05) is 33.0 Å². The van der Waals surface area contributed by atoms with E-state index >= 15 is 0 Å². The molecule has 2 nitrogen and oxygen atoms in total. The van der Waals surface area contributed by atoms with Crippen molar-refractivity contribution < 1.29 is 4.79 Å². The summed E-state index contributed by atoms with van der Waals surface area (Å²) in [7, 11) is 0. The van der Waals surface area contributed by atoms with Crippen LogP contribution in [0.2, 0.25) is 5.02 Å². The van der Waals surface area contributed by atoms with Gasteiger partial charge in [-0.3, -0.25) is 4.79 Å². The molecule has 3 aromatic carbocycles. The number of amides is 1.